The predicted molar refractivity (Wildman–Crippen MR) is 118 cm³/mol. The van der Waals surface area contributed by atoms with Crippen molar-refractivity contribution < 1.29 is 43.2 Å². The average Bonchev–Trinajstić information content (AvgIpc) is 3.23. The van der Waals surface area contributed by atoms with E-state index in [2.05, 4.69) is 0 Å². The molecule has 5 aliphatic rings. The predicted octanol–water partition coefficient (Wildman–Crippen LogP) is 2.66. The summed E-state index contributed by atoms with van der Waals surface area (Å²) >= 11 is 0. The van der Waals surface area contributed by atoms with Gasteiger partial charge in [0.25, 0.3) is 0 Å². The standard InChI is InChI=1S/C26H32O9/c1-22(2)15-9-16(27)24(4)14(25(15,12-33-22)17(28)10-18(29)30)5-7-23(3)19(13-6-8-32-11-13)34-21(31)20-26(23,24)35-20/h6,8,11,14-15,17,19-20,28H,5,7,9-10,12H2,1-4H3,(H,29,30). The number of carbonyl (C=O) groups is 3. The molecule has 9 unspecified atom stereocenters. The second-order valence-corrected chi connectivity index (χ2v) is 12.1. The summed E-state index contributed by atoms with van der Waals surface area (Å²) in [6, 6.07) is 1.76. The van der Waals surface area contributed by atoms with Crippen molar-refractivity contribution in [2.45, 2.75) is 82.9 Å². The molecule has 2 N–H and O–H groups in total. The summed E-state index contributed by atoms with van der Waals surface area (Å²) in [5.41, 5.74) is -3.91. The van der Waals surface area contributed by atoms with Crippen molar-refractivity contribution in [3.63, 3.8) is 0 Å². The summed E-state index contributed by atoms with van der Waals surface area (Å²) in [7, 11) is 0. The number of furan rings is 1. The number of carbonyl (C=O) groups excluding carboxylic acids is 2. The number of Topliss-reactive ketones (excluding diaryl/α,β-unsaturated/α-hetero) is 1. The molecule has 190 valence electrons. The van der Waals surface area contributed by atoms with Gasteiger partial charge in [-0.15, -0.1) is 0 Å². The number of epoxide rings is 1. The number of carboxylic acid groups (broad SMARTS) is 1. The minimum Gasteiger partial charge on any atom is -0.481 e. The minimum atomic E-state index is -1.21. The first kappa shape index (κ1) is 23.2. The molecule has 3 aliphatic heterocycles. The van der Waals surface area contributed by atoms with E-state index in [0.717, 1.165) is 0 Å². The van der Waals surface area contributed by atoms with Crippen LogP contribution in [0, 0.1) is 28.1 Å². The maximum Gasteiger partial charge on any atom is 0.339 e. The van der Waals surface area contributed by atoms with Gasteiger partial charge in [0, 0.05) is 28.7 Å². The molecule has 9 heteroatoms. The lowest BCUT2D eigenvalue weighted by atomic mass is 9.37. The van der Waals surface area contributed by atoms with Gasteiger partial charge < -0.3 is 28.8 Å². The van der Waals surface area contributed by atoms with Crippen molar-refractivity contribution in [2.24, 2.45) is 28.1 Å². The zero-order valence-electron chi connectivity index (χ0n) is 20.4. The summed E-state index contributed by atoms with van der Waals surface area (Å²) < 4.78 is 23.6. The highest BCUT2D eigenvalue weighted by atomic mass is 16.7. The molecule has 1 aromatic heterocycles. The smallest absolute Gasteiger partial charge is 0.339 e. The van der Waals surface area contributed by atoms with Gasteiger partial charge in [-0.25, -0.2) is 4.79 Å². The second-order valence-electron chi connectivity index (χ2n) is 12.1. The number of hydrogen-bond acceptors (Lipinski definition) is 8. The molecule has 0 aromatic carbocycles. The Labute approximate surface area is 203 Å². The first-order valence-electron chi connectivity index (χ1n) is 12.3. The fourth-order valence-electron chi connectivity index (χ4n) is 8.92. The van der Waals surface area contributed by atoms with Crippen LogP contribution >= 0.6 is 0 Å². The molecular formula is C26H32O9. The number of cyclic esters (lactones) is 1. The van der Waals surface area contributed by atoms with Gasteiger partial charge in [-0.05, 0) is 45.6 Å². The zero-order chi connectivity index (χ0) is 25.2. The summed E-state index contributed by atoms with van der Waals surface area (Å²) in [6.45, 7) is 7.82. The SMILES string of the molecule is CC1(C)OCC2(C(O)CC(=O)O)C1CC(=O)C1(C)C2CCC2(C)C(c3ccoc3)OC(=O)C3OC321. The van der Waals surface area contributed by atoms with Crippen LogP contribution in [-0.4, -0.2) is 58.0 Å². The molecule has 4 heterocycles. The number of ether oxygens (including phenoxy) is 3. The van der Waals surface area contributed by atoms with E-state index in [-0.39, 0.29) is 24.7 Å². The number of ketones is 1. The van der Waals surface area contributed by atoms with Crippen LogP contribution in [0.4, 0.5) is 0 Å². The lowest BCUT2D eigenvalue weighted by Gasteiger charge is -2.64. The third kappa shape index (κ3) is 2.47. The molecule has 6 rings (SSSR count). The van der Waals surface area contributed by atoms with Gasteiger partial charge in [0.1, 0.15) is 17.5 Å². The molecule has 0 radical (unpaired) electrons. The lowest BCUT2D eigenvalue weighted by Crippen LogP contribution is -2.72. The lowest BCUT2D eigenvalue weighted by molar-refractivity contribution is -0.221. The molecule has 0 bridgehead atoms. The number of fused-ring (bicyclic) bond motifs is 3. The van der Waals surface area contributed by atoms with Crippen molar-refractivity contribution in [2.75, 3.05) is 6.61 Å². The van der Waals surface area contributed by atoms with Crippen LogP contribution in [0.1, 0.15) is 65.0 Å². The van der Waals surface area contributed by atoms with E-state index in [4.69, 9.17) is 18.6 Å². The summed E-state index contributed by atoms with van der Waals surface area (Å²) in [4.78, 5) is 39.0. The molecular weight excluding hydrogens is 456 g/mol. The molecule has 9 atom stereocenters. The Balaban J connectivity index is 1.52. The van der Waals surface area contributed by atoms with Crippen LogP contribution in [0.2, 0.25) is 0 Å². The maximum atomic E-state index is 14.2. The number of aliphatic carboxylic acids is 1. The molecule has 0 amide bonds. The van der Waals surface area contributed by atoms with Gasteiger partial charge in [0.2, 0.25) is 0 Å². The normalized spacial score (nSPS) is 48.1. The van der Waals surface area contributed by atoms with Crippen molar-refractivity contribution >= 4 is 17.7 Å². The maximum absolute atomic E-state index is 14.2. The topological polar surface area (TPSA) is 136 Å². The second kappa shape index (κ2) is 6.75. The van der Waals surface area contributed by atoms with Crippen LogP contribution in [-0.2, 0) is 28.6 Å². The van der Waals surface area contributed by atoms with E-state index in [0.29, 0.717) is 18.4 Å². The number of esters is 1. The van der Waals surface area contributed by atoms with Crippen LogP contribution in [0.5, 0.6) is 0 Å². The van der Waals surface area contributed by atoms with E-state index >= 15 is 0 Å². The highest BCUT2D eigenvalue weighted by Crippen LogP contribution is 2.79. The van der Waals surface area contributed by atoms with Crippen molar-refractivity contribution in [1.29, 1.82) is 0 Å². The number of rotatable bonds is 4. The van der Waals surface area contributed by atoms with Gasteiger partial charge in [0.15, 0.2) is 6.10 Å². The van der Waals surface area contributed by atoms with E-state index in [1.54, 1.807) is 12.3 Å². The Hall–Kier alpha value is -2.23. The summed E-state index contributed by atoms with van der Waals surface area (Å²) in [5.74, 6) is -2.42. The van der Waals surface area contributed by atoms with Gasteiger partial charge in [-0.1, -0.05) is 6.92 Å². The van der Waals surface area contributed by atoms with Gasteiger partial charge in [-0.3, -0.25) is 9.59 Å². The Morgan fingerprint density at radius 2 is 1.91 bits per heavy atom. The van der Waals surface area contributed by atoms with E-state index in [1.165, 1.54) is 6.26 Å². The van der Waals surface area contributed by atoms with Crippen LogP contribution in [0.25, 0.3) is 0 Å². The first-order chi connectivity index (χ1) is 16.4. The van der Waals surface area contributed by atoms with Gasteiger partial charge >= 0.3 is 11.9 Å². The molecule has 1 aromatic rings. The third-order valence-electron chi connectivity index (χ3n) is 10.5. The van der Waals surface area contributed by atoms with Crippen LogP contribution in [0.3, 0.4) is 0 Å². The fraction of sp³-hybridized carbons (Fsp3) is 0.731. The number of aliphatic hydroxyl groups is 1. The molecule has 9 nitrogen and oxygen atoms in total. The molecule has 3 saturated heterocycles. The molecule has 2 aliphatic carbocycles. The van der Waals surface area contributed by atoms with Crippen molar-refractivity contribution in [1.82, 2.24) is 0 Å². The van der Waals surface area contributed by atoms with Gasteiger partial charge in [0.05, 0.1) is 42.7 Å². The van der Waals surface area contributed by atoms with Gasteiger partial charge in [-0.2, -0.15) is 0 Å². The van der Waals surface area contributed by atoms with E-state index < -0.39 is 70.0 Å². The van der Waals surface area contributed by atoms with Crippen molar-refractivity contribution in [3.05, 3.63) is 24.2 Å². The first-order valence-corrected chi connectivity index (χ1v) is 12.3. The number of carboxylic acids is 1. The Bertz CT molecular complexity index is 1110. The highest BCUT2D eigenvalue weighted by molar-refractivity contribution is 5.93. The van der Waals surface area contributed by atoms with Crippen LogP contribution < -0.4 is 0 Å². The number of hydrogen-bond donors (Lipinski definition) is 2. The minimum absolute atomic E-state index is 0.0294. The molecule has 2 saturated carbocycles. The molecule has 35 heavy (non-hydrogen) atoms. The van der Waals surface area contributed by atoms with E-state index in [9.17, 15) is 24.6 Å². The summed E-state index contributed by atoms with van der Waals surface area (Å²) in [5, 5.41) is 21.0. The molecule has 1 spiro atoms. The quantitative estimate of drug-likeness (QED) is 0.484. The Morgan fingerprint density at radius 3 is 2.57 bits per heavy atom. The third-order valence-corrected chi connectivity index (χ3v) is 10.5. The highest BCUT2D eigenvalue weighted by Gasteiger charge is 2.89. The largest absolute Gasteiger partial charge is 0.481 e. The number of aliphatic hydroxyl groups excluding tert-OH is 1. The summed E-state index contributed by atoms with van der Waals surface area (Å²) in [6.07, 6.45) is 1.13. The monoisotopic (exact) mass is 488 g/mol. The fourth-order valence-corrected chi connectivity index (χ4v) is 8.92. The zero-order valence-corrected chi connectivity index (χ0v) is 20.4. The van der Waals surface area contributed by atoms with E-state index in [1.807, 2.05) is 27.7 Å². The average molecular weight is 489 g/mol. The Morgan fingerprint density at radius 1 is 1.17 bits per heavy atom. The van der Waals surface area contributed by atoms with Crippen molar-refractivity contribution in [3.8, 4) is 0 Å². The molecule has 5 fully saturated rings. The Kier molecular flexibility index (Phi) is 4.47. The van der Waals surface area contributed by atoms with Crippen LogP contribution in [0.15, 0.2) is 23.0 Å².